The average molecular weight is 196 g/mol. The Bertz CT molecular complexity index is 239. The molecule has 0 radical (unpaired) electrons. The quantitative estimate of drug-likeness (QED) is 0.535. The molecule has 1 N–H and O–H groups in total. The first-order chi connectivity index (χ1) is 6.72. The van der Waals surface area contributed by atoms with Crippen molar-refractivity contribution in [1.82, 2.24) is 0 Å². The minimum atomic E-state index is -0.249. The highest BCUT2D eigenvalue weighted by Gasteiger charge is 2.06. The first kappa shape index (κ1) is 12.7. The van der Waals surface area contributed by atoms with E-state index < -0.39 is 0 Å². The van der Waals surface area contributed by atoms with Crippen LogP contribution in [-0.4, -0.2) is 24.8 Å². The van der Waals surface area contributed by atoms with E-state index in [0.717, 1.165) is 0 Å². The van der Waals surface area contributed by atoms with Crippen LogP contribution in [0.3, 0.4) is 0 Å². The average Bonchev–Trinajstić information content (AvgIpc) is 2.21. The minimum Gasteiger partial charge on any atom is -0.469 e. The summed E-state index contributed by atoms with van der Waals surface area (Å²) in [5.74, 6) is -0.480. The van der Waals surface area contributed by atoms with Crippen molar-refractivity contribution in [3.63, 3.8) is 0 Å². The summed E-state index contributed by atoms with van der Waals surface area (Å²) in [6, 6.07) is 0. The van der Waals surface area contributed by atoms with Gasteiger partial charge in [0.2, 0.25) is 0 Å². The van der Waals surface area contributed by atoms with E-state index in [4.69, 9.17) is 5.11 Å². The molecule has 0 aliphatic carbocycles. The highest BCUT2D eigenvalue weighted by Crippen LogP contribution is 1.99. The van der Waals surface area contributed by atoms with Gasteiger partial charge in [-0.2, -0.15) is 0 Å². The number of aliphatic hydroxyl groups is 1. The Labute approximate surface area is 84.4 Å². The second-order valence-electron chi connectivity index (χ2n) is 2.69. The lowest BCUT2D eigenvalue weighted by Crippen LogP contribution is -2.09. The second-order valence-corrected chi connectivity index (χ2v) is 2.69. The molecular formula is C11H16O3. The van der Waals surface area contributed by atoms with Gasteiger partial charge >= 0.3 is 5.97 Å². The second kappa shape index (κ2) is 8.26. The van der Waals surface area contributed by atoms with Crippen LogP contribution in [0.1, 0.15) is 6.92 Å². The Hall–Kier alpha value is -1.35. The number of methoxy groups -OCH3 is 1. The zero-order valence-corrected chi connectivity index (χ0v) is 8.51. The molecule has 0 aromatic carbocycles. The number of hydrogen-bond donors (Lipinski definition) is 1. The molecule has 0 aromatic rings. The molecule has 3 heteroatoms. The fourth-order valence-corrected chi connectivity index (χ4v) is 0.763. The molecule has 1 atom stereocenters. The van der Waals surface area contributed by atoms with E-state index in [1.807, 2.05) is 0 Å². The number of carbonyl (C=O) groups excluding carboxylic acids is 1. The van der Waals surface area contributed by atoms with E-state index in [2.05, 4.69) is 4.74 Å². The molecule has 0 bridgehead atoms. The van der Waals surface area contributed by atoms with Gasteiger partial charge < -0.3 is 9.84 Å². The van der Waals surface area contributed by atoms with Crippen LogP contribution in [-0.2, 0) is 9.53 Å². The van der Waals surface area contributed by atoms with Gasteiger partial charge in [0, 0.05) is 0 Å². The molecule has 0 spiro atoms. The number of hydrogen-bond acceptors (Lipinski definition) is 3. The molecule has 0 saturated heterocycles. The molecule has 14 heavy (non-hydrogen) atoms. The van der Waals surface area contributed by atoms with Gasteiger partial charge in [-0.1, -0.05) is 36.5 Å². The van der Waals surface area contributed by atoms with Crippen molar-refractivity contribution < 1.29 is 14.6 Å². The van der Waals surface area contributed by atoms with Crippen LogP contribution in [0.15, 0.2) is 36.5 Å². The maximum Gasteiger partial charge on any atom is 0.312 e. The van der Waals surface area contributed by atoms with Crippen LogP contribution in [0.5, 0.6) is 0 Å². The Kier molecular flexibility index (Phi) is 7.46. The lowest BCUT2D eigenvalue weighted by Gasteiger charge is -2.00. The largest absolute Gasteiger partial charge is 0.469 e. The fourth-order valence-electron chi connectivity index (χ4n) is 0.763. The number of esters is 1. The van der Waals surface area contributed by atoms with Crippen molar-refractivity contribution >= 4 is 5.97 Å². The predicted molar refractivity (Wildman–Crippen MR) is 55.7 cm³/mol. The zero-order chi connectivity index (χ0) is 10.8. The molecule has 0 amide bonds. The molecule has 0 saturated carbocycles. The highest BCUT2D eigenvalue weighted by atomic mass is 16.5. The van der Waals surface area contributed by atoms with Gasteiger partial charge in [-0.3, -0.25) is 4.79 Å². The normalized spacial score (nSPS) is 14.2. The Morgan fingerprint density at radius 3 is 2.57 bits per heavy atom. The van der Waals surface area contributed by atoms with Crippen LogP contribution in [0, 0.1) is 5.92 Å². The van der Waals surface area contributed by atoms with Gasteiger partial charge in [-0.15, -0.1) is 0 Å². The van der Waals surface area contributed by atoms with Crippen molar-refractivity contribution in [2.45, 2.75) is 6.92 Å². The van der Waals surface area contributed by atoms with Crippen LogP contribution in [0.25, 0.3) is 0 Å². The van der Waals surface area contributed by atoms with Crippen LogP contribution < -0.4 is 0 Å². The van der Waals surface area contributed by atoms with E-state index in [0.29, 0.717) is 0 Å². The van der Waals surface area contributed by atoms with Gasteiger partial charge in [0.25, 0.3) is 0 Å². The first-order valence-corrected chi connectivity index (χ1v) is 4.41. The van der Waals surface area contributed by atoms with Crippen LogP contribution >= 0.6 is 0 Å². The standard InChI is InChI=1S/C11H16O3/c1-10(11(13)14-2)8-6-4-3-5-7-9-12/h3-8,10,12H,9H2,1-2H3. The third kappa shape index (κ3) is 6.20. The van der Waals surface area contributed by atoms with Crippen molar-refractivity contribution in [3.8, 4) is 0 Å². The monoisotopic (exact) mass is 196 g/mol. The van der Waals surface area contributed by atoms with Crippen molar-refractivity contribution in [3.05, 3.63) is 36.5 Å². The lowest BCUT2D eigenvalue weighted by molar-refractivity contribution is -0.143. The first-order valence-electron chi connectivity index (χ1n) is 4.41. The SMILES string of the molecule is COC(=O)C(C)C=CC=CC=CCO. The molecule has 3 nitrogen and oxygen atoms in total. The Morgan fingerprint density at radius 2 is 2.00 bits per heavy atom. The summed E-state index contributed by atoms with van der Waals surface area (Å²) >= 11 is 0. The molecular weight excluding hydrogens is 180 g/mol. The van der Waals surface area contributed by atoms with E-state index in [1.54, 1.807) is 43.4 Å². The zero-order valence-electron chi connectivity index (χ0n) is 8.51. The fraction of sp³-hybridized carbons (Fsp3) is 0.364. The van der Waals surface area contributed by atoms with E-state index in [9.17, 15) is 4.79 Å². The summed E-state index contributed by atoms with van der Waals surface area (Å²) < 4.78 is 4.55. The number of rotatable bonds is 5. The van der Waals surface area contributed by atoms with E-state index in [-0.39, 0.29) is 18.5 Å². The maximum atomic E-state index is 10.9. The summed E-state index contributed by atoms with van der Waals surface area (Å²) in [7, 11) is 1.37. The van der Waals surface area contributed by atoms with Crippen molar-refractivity contribution in [1.29, 1.82) is 0 Å². The summed E-state index contributed by atoms with van der Waals surface area (Å²) in [4.78, 5) is 10.9. The molecule has 1 unspecified atom stereocenters. The maximum absolute atomic E-state index is 10.9. The van der Waals surface area contributed by atoms with Crippen molar-refractivity contribution in [2.75, 3.05) is 13.7 Å². The molecule has 78 valence electrons. The molecule has 0 fully saturated rings. The topological polar surface area (TPSA) is 46.5 Å². The minimum absolute atomic E-state index is 0.0343. The highest BCUT2D eigenvalue weighted by molar-refractivity contribution is 5.73. The van der Waals surface area contributed by atoms with Crippen LogP contribution in [0.4, 0.5) is 0 Å². The molecule has 0 rings (SSSR count). The summed E-state index contributed by atoms with van der Waals surface area (Å²) in [6.45, 7) is 1.80. The van der Waals surface area contributed by atoms with Gasteiger partial charge in [0.15, 0.2) is 0 Å². The lowest BCUT2D eigenvalue weighted by atomic mass is 10.1. The van der Waals surface area contributed by atoms with Crippen molar-refractivity contribution in [2.24, 2.45) is 5.92 Å². The molecule has 0 aliphatic rings. The van der Waals surface area contributed by atoms with Gasteiger partial charge in [-0.05, 0) is 6.92 Å². The molecule has 0 heterocycles. The smallest absolute Gasteiger partial charge is 0.312 e. The van der Waals surface area contributed by atoms with Gasteiger partial charge in [0.1, 0.15) is 0 Å². The Morgan fingerprint density at radius 1 is 1.36 bits per heavy atom. The third-order valence-electron chi connectivity index (χ3n) is 1.55. The number of ether oxygens (including phenoxy) is 1. The van der Waals surface area contributed by atoms with Gasteiger partial charge in [0.05, 0.1) is 19.6 Å². The van der Waals surface area contributed by atoms with Crippen LogP contribution in [0.2, 0.25) is 0 Å². The number of allylic oxidation sites excluding steroid dienone is 4. The summed E-state index contributed by atoms with van der Waals surface area (Å²) in [5.41, 5.74) is 0. The van der Waals surface area contributed by atoms with E-state index >= 15 is 0 Å². The number of aliphatic hydroxyl groups excluding tert-OH is 1. The summed E-state index contributed by atoms with van der Waals surface area (Å²) in [6.07, 6.45) is 10.4. The third-order valence-corrected chi connectivity index (χ3v) is 1.55. The molecule has 0 aliphatic heterocycles. The van der Waals surface area contributed by atoms with E-state index in [1.165, 1.54) is 7.11 Å². The Balaban J connectivity index is 3.87. The molecule has 0 aromatic heterocycles. The predicted octanol–water partition coefficient (Wildman–Crippen LogP) is 1.46. The van der Waals surface area contributed by atoms with Gasteiger partial charge in [-0.25, -0.2) is 0 Å². The number of carbonyl (C=O) groups is 1. The summed E-state index contributed by atoms with van der Waals surface area (Å²) in [5, 5.41) is 8.42.